The van der Waals surface area contributed by atoms with E-state index in [0.717, 1.165) is 12.0 Å². The summed E-state index contributed by atoms with van der Waals surface area (Å²) in [5, 5.41) is 16.5. The second-order valence-corrected chi connectivity index (χ2v) is 5.91. The SMILES string of the molecule is CCc1nnc(CSc2nnc(-c3cc(C)cc(C)c3)o2)o1. The number of thioether (sulfide) groups is 1. The predicted octanol–water partition coefficient (Wildman–Crippen LogP) is 3.59. The van der Waals surface area contributed by atoms with Gasteiger partial charge < -0.3 is 8.83 Å². The van der Waals surface area contributed by atoms with Crippen molar-refractivity contribution in [1.29, 1.82) is 0 Å². The number of benzene rings is 1. The average molecular weight is 316 g/mol. The van der Waals surface area contributed by atoms with E-state index in [4.69, 9.17) is 8.83 Å². The van der Waals surface area contributed by atoms with Gasteiger partial charge in [0.05, 0.1) is 5.75 Å². The van der Waals surface area contributed by atoms with Crippen molar-refractivity contribution in [3.05, 3.63) is 41.1 Å². The zero-order valence-electron chi connectivity index (χ0n) is 12.7. The van der Waals surface area contributed by atoms with Crippen molar-refractivity contribution in [1.82, 2.24) is 20.4 Å². The van der Waals surface area contributed by atoms with Gasteiger partial charge in [-0.3, -0.25) is 0 Å². The van der Waals surface area contributed by atoms with Gasteiger partial charge in [-0.25, -0.2) is 0 Å². The first kappa shape index (κ1) is 14.8. The molecule has 0 aliphatic carbocycles. The van der Waals surface area contributed by atoms with Crippen molar-refractivity contribution < 1.29 is 8.83 Å². The van der Waals surface area contributed by atoms with Crippen molar-refractivity contribution in [3.63, 3.8) is 0 Å². The Morgan fingerprint density at radius 1 is 0.909 bits per heavy atom. The molecule has 0 aliphatic heterocycles. The fourth-order valence-corrected chi connectivity index (χ4v) is 2.70. The standard InChI is InChI=1S/C15H16N4O2S/c1-4-12-16-17-13(20-12)8-22-15-19-18-14(21-15)11-6-9(2)5-10(3)7-11/h5-7H,4,8H2,1-3H3. The van der Waals surface area contributed by atoms with Crippen LogP contribution in [-0.4, -0.2) is 20.4 Å². The molecular formula is C15H16N4O2S. The smallest absolute Gasteiger partial charge is 0.277 e. The van der Waals surface area contributed by atoms with E-state index < -0.39 is 0 Å². The van der Waals surface area contributed by atoms with Gasteiger partial charge in [-0.2, -0.15) is 0 Å². The van der Waals surface area contributed by atoms with Gasteiger partial charge in [-0.1, -0.05) is 35.9 Å². The first-order valence-electron chi connectivity index (χ1n) is 7.00. The van der Waals surface area contributed by atoms with Crippen LogP contribution >= 0.6 is 11.8 Å². The third-order valence-electron chi connectivity index (χ3n) is 3.01. The van der Waals surface area contributed by atoms with Gasteiger partial charge in [0, 0.05) is 12.0 Å². The number of rotatable bonds is 5. The summed E-state index contributed by atoms with van der Waals surface area (Å²) in [5.74, 6) is 2.24. The van der Waals surface area contributed by atoms with E-state index in [1.807, 2.05) is 32.9 Å². The van der Waals surface area contributed by atoms with Crippen LogP contribution in [0.5, 0.6) is 0 Å². The maximum atomic E-state index is 5.69. The highest BCUT2D eigenvalue weighted by molar-refractivity contribution is 7.98. The summed E-state index contributed by atoms with van der Waals surface area (Å²) in [5.41, 5.74) is 3.27. The molecule has 0 saturated heterocycles. The Kier molecular flexibility index (Phi) is 4.24. The van der Waals surface area contributed by atoms with Gasteiger partial charge in [0.25, 0.3) is 5.22 Å². The third-order valence-corrected chi connectivity index (χ3v) is 3.81. The van der Waals surface area contributed by atoms with E-state index in [0.29, 0.717) is 28.6 Å². The van der Waals surface area contributed by atoms with Gasteiger partial charge in [0.2, 0.25) is 17.7 Å². The van der Waals surface area contributed by atoms with E-state index in [-0.39, 0.29) is 0 Å². The van der Waals surface area contributed by atoms with Crippen molar-refractivity contribution in [2.75, 3.05) is 0 Å². The topological polar surface area (TPSA) is 77.8 Å². The predicted molar refractivity (Wildman–Crippen MR) is 82.4 cm³/mol. The third kappa shape index (κ3) is 3.36. The Labute approximate surface area is 132 Å². The van der Waals surface area contributed by atoms with Crippen LogP contribution < -0.4 is 0 Å². The fourth-order valence-electron chi connectivity index (χ4n) is 2.10. The molecule has 1 aromatic carbocycles. The minimum Gasteiger partial charge on any atom is -0.424 e. The molecule has 7 heteroatoms. The van der Waals surface area contributed by atoms with Gasteiger partial charge >= 0.3 is 0 Å². The van der Waals surface area contributed by atoms with Crippen LogP contribution in [0.3, 0.4) is 0 Å². The first-order chi connectivity index (χ1) is 10.6. The minimum absolute atomic E-state index is 0.491. The van der Waals surface area contributed by atoms with Crippen LogP contribution in [0, 0.1) is 13.8 Å². The molecule has 0 radical (unpaired) electrons. The van der Waals surface area contributed by atoms with E-state index in [2.05, 4.69) is 26.5 Å². The fraction of sp³-hybridized carbons (Fsp3) is 0.333. The lowest BCUT2D eigenvalue weighted by molar-refractivity contribution is 0.458. The molecule has 3 aromatic rings. The van der Waals surface area contributed by atoms with E-state index in [1.165, 1.54) is 22.9 Å². The molecule has 0 N–H and O–H groups in total. The molecule has 2 aromatic heterocycles. The van der Waals surface area contributed by atoms with E-state index in [9.17, 15) is 0 Å². The Morgan fingerprint density at radius 3 is 2.32 bits per heavy atom. The molecule has 0 unspecified atom stereocenters. The quantitative estimate of drug-likeness (QED) is 0.665. The summed E-state index contributed by atoms with van der Waals surface area (Å²) < 4.78 is 11.1. The molecular weight excluding hydrogens is 300 g/mol. The molecule has 2 heterocycles. The molecule has 3 rings (SSSR count). The second-order valence-electron chi connectivity index (χ2n) is 4.98. The molecule has 114 valence electrons. The van der Waals surface area contributed by atoms with E-state index >= 15 is 0 Å². The van der Waals surface area contributed by atoms with Crippen LogP contribution in [0.1, 0.15) is 29.8 Å². The number of hydrogen-bond donors (Lipinski definition) is 0. The highest BCUT2D eigenvalue weighted by Gasteiger charge is 2.12. The molecule has 0 amide bonds. The Bertz CT molecular complexity index is 761. The molecule has 0 fully saturated rings. The molecule has 0 spiro atoms. The summed E-state index contributed by atoms with van der Waals surface area (Å²) in [6.45, 7) is 6.06. The maximum absolute atomic E-state index is 5.69. The Morgan fingerprint density at radius 2 is 1.64 bits per heavy atom. The number of nitrogens with zero attached hydrogens (tertiary/aromatic N) is 4. The van der Waals surface area contributed by atoms with Crippen LogP contribution in [0.15, 0.2) is 32.3 Å². The largest absolute Gasteiger partial charge is 0.424 e. The van der Waals surface area contributed by atoms with E-state index in [1.54, 1.807) is 0 Å². The normalized spacial score (nSPS) is 11.0. The Hall–Kier alpha value is -2.15. The summed E-state index contributed by atoms with van der Waals surface area (Å²) in [4.78, 5) is 0. The first-order valence-corrected chi connectivity index (χ1v) is 7.99. The molecule has 22 heavy (non-hydrogen) atoms. The van der Waals surface area contributed by atoms with Crippen LogP contribution in [0.25, 0.3) is 11.5 Å². The van der Waals surface area contributed by atoms with Crippen LogP contribution in [0.2, 0.25) is 0 Å². The van der Waals surface area contributed by atoms with Gasteiger partial charge in [-0.15, -0.1) is 20.4 Å². The lowest BCUT2D eigenvalue weighted by Crippen LogP contribution is -1.82. The molecule has 0 saturated carbocycles. The average Bonchev–Trinajstić information content (AvgIpc) is 3.13. The van der Waals surface area contributed by atoms with Crippen molar-refractivity contribution in [2.45, 2.75) is 38.2 Å². The lowest BCUT2D eigenvalue weighted by Gasteiger charge is -1.99. The van der Waals surface area contributed by atoms with Crippen LogP contribution in [0.4, 0.5) is 0 Å². The molecule has 0 aliphatic rings. The lowest BCUT2D eigenvalue weighted by atomic mass is 10.1. The molecule has 6 nitrogen and oxygen atoms in total. The highest BCUT2D eigenvalue weighted by Crippen LogP contribution is 2.26. The summed E-state index contributed by atoms with van der Waals surface area (Å²) in [6.07, 6.45) is 0.731. The van der Waals surface area contributed by atoms with Gasteiger partial charge in [0.15, 0.2) is 0 Å². The zero-order valence-corrected chi connectivity index (χ0v) is 13.5. The summed E-state index contributed by atoms with van der Waals surface area (Å²) >= 11 is 1.38. The van der Waals surface area contributed by atoms with Gasteiger partial charge in [0.1, 0.15) is 0 Å². The monoisotopic (exact) mass is 316 g/mol. The summed E-state index contributed by atoms with van der Waals surface area (Å²) in [7, 11) is 0. The Balaban J connectivity index is 1.70. The number of aryl methyl sites for hydroxylation is 3. The molecule has 0 bridgehead atoms. The van der Waals surface area contributed by atoms with Crippen molar-refractivity contribution in [2.24, 2.45) is 0 Å². The minimum atomic E-state index is 0.491. The van der Waals surface area contributed by atoms with Crippen molar-refractivity contribution >= 4 is 11.8 Å². The second kappa shape index (κ2) is 6.31. The maximum Gasteiger partial charge on any atom is 0.277 e. The van der Waals surface area contributed by atoms with Crippen LogP contribution in [-0.2, 0) is 12.2 Å². The van der Waals surface area contributed by atoms with Crippen molar-refractivity contribution in [3.8, 4) is 11.5 Å². The molecule has 0 atom stereocenters. The number of aromatic nitrogens is 4. The number of hydrogen-bond acceptors (Lipinski definition) is 7. The van der Waals surface area contributed by atoms with Gasteiger partial charge in [-0.05, 0) is 26.0 Å². The zero-order chi connectivity index (χ0) is 15.5. The summed E-state index contributed by atoms with van der Waals surface area (Å²) in [6, 6.07) is 6.16. The highest BCUT2D eigenvalue weighted by atomic mass is 32.2.